The molecule has 0 radical (unpaired) electrons. The van der Waals surface area contributed by atoms with Crippen molar-refractivity contribution in [3.63, 3.8) is 0 Å². The molecule has 1 heterocycles. The molecule has 0 saturated heterocycles. The number of nitrogens with zero attached hydrogens (tertiary/aromatic N) is 3. The third-order valence-electron chi connectivity index (χ3n) is 1.44. The van der Waals surface area contributed by atoms with Gasteiger partial charge in [0.1, 0.15) is 18.6 Å². The van der Waals surface area contributed by atoms with Crippen LogP contribution in [0, 0.1) is 0 Å². The van der Waals surface area contributed by atoms with Crippen molar-refractivity contribution in [2.45, 2.75) is 13.0 Å². The molecule has 12 heavy (non-hydrogen) atoms. The molecule has 6 nitrogen and oxygen atoms in total. The van der Waals surface area contributed by atoms with Gasteiger partial charge in [-0.25, -0.2) is 4.79 Å². The maximum atomic E-state index is 11.0. The van der Waals surface area contributed by atoms with Gasteiger partial charge in [0, 0.05) is 0 Å². The molecule has 0 saturated carbocycles. The highest BCUT2D eigenvalue weighted by molar-refractivity contribution is 5.71. The minimum absolute atomic E-state index is 0.472. The minimum Gasteiger partial charge on any atom is -0.480 e. The second-order valence-electron chi connectivity index (χ2n) is 2.24. The van der Waals surface area contributed by atoms with Crippen molar-refractivity contribution in [3.05, 3.63) is 22.9 Å². The monoisotopic (exact) mass is 169 g/mol. The summed E-state index contributed by atoms with van der Waals surface area (Å²) in [6.45, 7) is 1.39. The van der Waals surface area contributed by atoms with Crippen LogP contribution in [0.2, 0.25) is 0 Å². The van der Waals surface area contributed by atoms with Crippen molar-refractivity contribution in [2.24, 2.45) is 0 Å². The first kappa shape index (κ1) is 8.38. The van der Waals surface area contributed by atoms with Gasteiger partial charge in [-0.3, -0.25) is 9.36 Å². The molecule has 0 bridgehead atoms. The van der Waals surface area contributed by atoms with Gasteiger partial charge in [0.2, 0.25) is 0 Å². The zero-order valence-corrected chi connectivity index (χ0v) is 6.34. The van der Waals surface area contributed by atoms with Crippen LogP contribution in [0.3, 0.4) is 0 Å². The van der Waals surface area contributed by atoms with Crippen LogP contribution < -0.4 is 5.56 Å². The summed E-state index contributed by atoms with van der Waals surface area (Å²) < 4.78 is 0.995. The van der Waals surface area contributed by atoms with E-state index in [2.05, 4.69) is 10.2 Å². The van der Waals surface area contributed by atoms with Gasteiger partial charge in [0.25, 0.3) is 5.56 Å². The Balaban J connectivity index is 3.11. The average Bonchev–Trinajstić information content (AvgIpc) is 2.04. The maximum Gasteiger partial charge on any atom is 0.326 e. The summed E-state index contributed by atoms with van der Waals surface area (Å²) >= 11 is 0. The van der Waals surface area contributed by atoms with Crippen molar-refractivity contribution >= 4 is 5.97 Å². The van der Waals surface area contributed by atoms with Crippen LogP contribution >= 0.6 is 0 Å². The van der Waals surface area contributed by atoms with Crippen molar-refractivity contribution in [1.29, 1.82) is 0 Å². The molecule has 1 N–H and O–H groups in total. The zero-order chi connectivity index (χ0) is 9.14. The smallest absolute Gasteiger partial charge is 0.326 e. The molecule has 0 aromatic carbocycles. The van der Waals surface area contributed by atoms with Crippen molar-refractivity contribution in [1.82, 2.24) is 14.8 Å². The van der Waals surface area contributed by atoms with E-state index < -0.39 is 17.6 Å². The number of carbonyl (C=O) groups is 1. The molecule has 1 rings (SSSR count). The van der Waals surface area contributed by atoms with Gasteiger partial charge in [-0.15, -0.1) is 5.10 Å². The quantitative estimate of drug-likeness (QED) is 0.631. The molecule has 0 spiro atoms. The number of hydrogen-bond acceptors (Lipinski definition) is 4. The molecule has 64 valence electrons. The number of rotatable bonds is 2. The van der Waals surface area contributed by atoms with Crippen molar-refractivity contribution < 1.29 is 9.90 Å². The lowest BCUT2D eigenvalue weighted by Crippen LogP contribution is -2.27. The van der Waals surface area contributed by atoms with Crippen molar-refractivity contribution in [2.75, 3.05) is 0 Å². The van der Waals surface area contributed by atoms with E-state index >= 15 is 0 Å². The van der Waals surface area contributed by atoms with Gasteiger partial charge in [-0.05, 0) is 6.92 Å². The highest BCUT2D eigenvalue weighted by Crippen LogP contribution is 1.98. The van der Waals surface area contributed by atoms with E-state index in [0.29, 0.717) is 0 Å². The number of aliphatic carboxylic acids is 1. The zero-order valence-electron chi connectivity index (χ0n) is 6.34. The van der Waals surface area contributed by atoms with Gasteiger partial charge in [0.05, 0.1) is 0 Å². The Bertz CT molecular complexity index is 346. The lowest BCUT2D eigenvalue weighted by Gasteiger charge is -2.07. The summed E-state index contributed by atoms with van der Waals surface area (Å²) in [5.74, 6) is -1.08. The lowest BCUT2D eigenvalue weighted by atomic mass is 10.3. The van der Waals surface area contributed by atoms with E-state index in [-0.39, 0.29) is 0 Å². The van der Waals surface area contributed by atoms with Gasteiger partial charge in [-0.1, -0.05) is 0 Å². The first-order valence-electron chi connectivity index (χ1n) is 3.24. The predicted molar refractivity (Wildman–Crippen MR) is 38.6 cm³/mol. The van der Waals surface area contributed by atoms with Gasteiger partial charge < -0.3 is 5.11 Å². The minimum atomic E-state index is -1.08. The van der Waals surface area contributed by atoms with Crippen LogP contribution in [0.25, 0.3) is 0 Å². The summed E-state index contributed by atoms with van der Waals surface area (Å²) in [5, 5.41) is 15.3. The van der Waals surface area contributed by atoms with E-state index in [4.69, 9.17) is 5.11 Å². The first-order valence-corrected chi connectivity index (χ1v) is 3.24. The van der Waals surface area contributed by atoms with Gasteiger partial charge >= 0.3 is 5.97 Å². The van der Waals surface area contributed by atoms with Crippen LogP contribution in [0.1, 0.15) is 13.0 Å². The number of aromatic nitrogens is 3. The number of hydrogen-bond donors (Lipinski definition) is 1. The second kappa shape index (κ2) is 3.12. The van der Waals surface area contributed by atoms with E-state index in [0.717, 1.165) is 17.1 Å². The molecule has 0 amide bonds. The molecule has 1 atom stereocenters. The fourth-order valence-corrected chi connectivity index (χ4v) is 0.702. The summed E-state index contributed by atoms with van der Waals surface area (Å²) in [6.07, 6.45) is 2.07. The molecule has 0 aliphatic heterocycles. The van der Waals surface area contributed by atoms with Crippen LogP contribution in [0.15, 0.2) is 17.3 Å². The second-order valence-corrected chi connectivity index (χ2v) is 2.24. The topological polar surface area (TPSA) is 85.1 Å². The standard InChI is InChI=1S/C6H7N3O3/c1-4(6(11)12)9-3-8-7-2-5(9)10/h2-4H,1H3,(H,11,12). The van der Waals surface area contributed by atoms with E-state index in [1.807, 2.05) is 0 Å². The summed E-state index contributed by atoms with van der Waals surface area (Å²) in [6, 6.07) is -0.909. The Hall–Kier alpha value is -1.72. The number of carboxylic acids is 1. The highest BCUT2D eigenvalue weighted by atomic mass is 16.4. The van der Waals surface area contributed by atoms with Crippen LogP contribution in [-0.2, 0) is 4.79 Å². The normalized spacial score (nSPS) is 12.4. The molecule has 1 aromatic heterocycles. The van der Waals surface area contributed by atoms with Gasteiger partial charge in [0.15, 0.2) is 0 Å². The van der Waals surface area contributed by atoms with Crippen LogP contribution in [-0.4, -0.2) is 25.8 Å². The fourth-order valence-electron chi connectivity index (χ4n) is 0.702. The summed E-state index contributed by atoms with van der Waals surface area (Å²) in [7, 11) is 0. The molecule has 6 heteroatoms. The Morgan fingerprint density at radius 2 is 2.33 bits per heavy atom. The Kier molecular flexibility index (Phi) is 2.18. The molecular formula is C6H7N3O3. The Labute approximate surface area is 67.5 Å². The van der Waals surface area contributed by atoms with Gasteiger partial charge in [-0.2, -0.15) is 5.10 Å². The number of carboxylic acid groups (broad SMARTS) is 1. The molecule has 0 fully saturated rings. The molecule has 0 aliphatic carbocycles. The van der Waals surface area contributed by atoms with E-state index in [1.54, 1.807) is 0 Å². The summed E-state index contributed by atoms with van der Waals surface area (Å²) in [5.41, 5.74) is -0.472. The van der Waals surface area contributed by atoms with Crippen molar-refractivity contribution in [3.8, 4) is 0 Å². The maximum absolute atomic E-state index is 11.0. The molecule has 0 aliphatic rings. The van der Waals surface area contributed by atoms with E-state index in [9.17, 15) is 9.59 Å². The molecule has 1 aromatic rings. The Morgan fingerprint density at radius 1 is 1.67 bits per heavy atom. The highest BCUT2D eigenvalue weighted by Gasteiger charge is 2.13. The fraction of sp³-hybridized carbons (Fsp3) is 0.333. The third kappa shape index (κ3) is 1.47. The summed E-state index contributed by atoms with van der Waals surface area (Å²) in [4.78, 5) is 21.4. The third-order valence-corrected chi connectivity index (χ3v) is 1.44. The molecular weight excluding hydrogens is 162 g/mol. The van der Waals surface area contributed by atoms with Crippen LogP contribution in [0.4, 0.5) is 0 Å². The first-order chi connectivity index (χ1) is 5.63. The predicted octanol–water partition coefficient (Wildman–Crippen LogP) is -0.716. The van der Waals surface area contributed by atoms with E-state index in [1.165, 1.54) is 6.92 Å². The largest absolute Gasteiger partial charge is 0.480 e. The lowest BCUT2D eigenvalue weighted by molar-refractivity contribution is -0.140. The molecule has 1 unspecified atom stereocenters. The Morgan fingerprint density at radius 3 is 2.83 bits per heavy atom. The SMILES string of the molecule is CC(C(=O)O)n1cnncc1=O. The van der Waals surface area contributed by atoms with Crippen LogP contribution in [0.5, 0.6) is 0 Å². The average molecular weight is 169 g/mol.